The van der Waals surface area contributed by atoms with Crippen LogP contribution in [0.3, 0.4) is 0 Å². The molecule has 0 atom stereocenters. The minimum Gasteiger partial charge on any atom is -0.483 e. The van der Waals surface area contributed by atoms with Crippen molar-refractivity contribution in [3.8, 4) is 5.75 Å². The number of ether oxygens (including phenoxy) is 1. The topological polar surface area (TPSA) is 41.6 Å². The number of hydrogen-bond donors (Lipinski definition) is 1. The summed E-state index contributed by atoms with van der Waals surface area (Å²) in [5, 5.41) is 2.87. The van der Waals surface area contributed by atoms with E-state index in [4.69, 9.17) is 4.74 Å². The highest BCUT2D eigenvalue weighted by molar-refractivity contribution is 5.85. The normalized spacial score (nSPS) is 10.7. The number of halogens is 4. The summed E-state index contributed by atoms with van der Waals surface area (Å²) < 4.78 is 43.1. The summed E-state index contributed by atoms with van der Waals surface area (Å²) in [7, 11) is 3.31. The number of benzene rings is 1. The number of hydrogen-bond acceptors (Lipinski definition) is 3. The third-order valence-electron chi connectivity index (χ3n) is 2.67. The van der Waals surface area contributed by atoms with E-state index in [0.717, 1.165) is 6.07 Å². The Bertz CT molecular complexity index is 455. The van der Waals surface area contributed by atoms with Crippen LogP contribution in [0.15, 0.2) is 24.3 Å². The van der Waals surface area contributed by atoms with E-state index in [-0.39, 0.29) is 24.1 Å². The van der Waals surface area contributed by atoms with Gasteiger partial charge < -0.3 is 15.0 Å². The van der Waals surface area contributed by atoms with Crippen LogP contribution in [0.4, 0.5) is 13.2 Å². The molecular weight excluding hydrogens is 309 g/mol. The van der Waals surface area contributed by atoms with Crippen molar-refractivity contribution >= 4 is 18.3 Å². The van der Waals surface area contributed by atoms with Gasteiger partial charge in [-0.05, 0) is 19.2 Å². The summed E-state index contributed by atoms with van der Waals surface area (Å²) in [5.74, 6) is -0.715. The van der Waals surface area contributed by atoms with Crippen molar-refractivity contribution in [2.75, 3.05) is 33.8 Å². The van der Waals surface area contributed by atoms with Gasteiger partial charge in [-0.2, -0.15) is 13.2 Å². The molecule has 120 valence electrons. The molecule has 0 aromatic heterocycles. The smallest absolute Gasteiger partial charge is 0.419 e. The average Bonchev–Trinajstić information content (AvgIpc) is 2.41. The average molecular weight is 327 g/mol. The molecule has 0 unspecified atom stereocenters. The zero-order valence-corrected chi connectivity index (χ0v) is 12.6. The number of amides is 1. The number of alkyl halides is 3. The maximum atomic E-state index is 12.7. The van der Waals surface area contributed by atoms with Crippen LogP contribution in [-0.2, 0) is 11.0 Å². The van der Waals surface area contributed by atoms with Crippen molar-refractivity contribution < 1.29 is 22.7 Å². The van der Waals surface area contributed by atoms with Crippen molar-refractivity contribution in [1.82, 2.24) is 10.2 Å². The van der Waals surface area contributed by atoms with E-state index in [0.29, 0.717) is 13.1 Å². The summed E-state index contributed by atoms with van der Waals surface area (Å²) in [6, 6.07) is 4.82. The molecule has 0 heterocycles. The van der Waals surface area contributed by atoms with E-state index >= 15 is 0 Å². The number of carbonyl (C=O) groups is 1. The van der Waals surface area contributed by atoms with E-state index in [1.807, 2.05) is 0 Å². The fourth-order valence-electron chi connectivity index (χ4n) is 1.48. The molecule has 1 aromatic rings. The highest BCUT2D eigenvalue weighted by Crippen LogP contribution is 2.35. The fourth-order valence-corrected chi connectivity index (χ4v) is 1.48. The lowest BCUT2D eigenvalue weighted by atomic mass is 10.2. The van der Waals surface area contributed by atoms with E-state index in [1.54, 1.807) is 14.1 Å². The molecule has 0 aliphatic carbocycles. The molecule has 0 saturated carbocycles. The van der Waals surface area contributed by atoms with Crippen molar-refractivity contribution in [1.29, 1.82) is 0 Å². The van der Waals surface area contributed by atoms with Gasteiger partial charge in [0.05, 0.1) is 5.56 Å². The van der Waals surface area contributed by atoms with Crippen LogP contribution >= 0.6 is 12.4 Å². The van der Waals surface area contributed by atoms with Gasteiger partial charge in [-0.1, -0.05) is 12.1 Å². The molecule has 1 aromatic carbocycles. The lowest BCUT2D eigenvalue weighted by Crippen LogP contribution is -2.36. The van der Waals surface area contributed by atoms with E-state index in [9.17, 15) is 18.0 Å². The van der Waals surface area contributed by atoms with E-state index in [1.165, 1.54) is 23.1 Å². The second-order valence-electron chi connectivity index (χ2n) is 4.20. The first-order chi connectivity index (χ1) is 9.36. The van der Waals surface area contributed by atoms with Gasteiger partial charge in [0.2, 0.25) is 0 Å². The molecule has 0 saturated heterocycles. The molecular formula is C13H18ClF3N2O2. The van der Waals surface area contributed by atoms with Crippen LogP contribution in [0.1, 0.15) is 5.56 Å². The van der Waals surface area contributed by atoms with Crippen LogP contribution in [0.25, 0.3) is 0 Å². The summed E-state index contributed by atoms with van der Waals surface area (Å²) >= 11 is 0. The van der Waals surface area contributed by atoms with Gasteiger partial charge in [0.25, 0.3) is 5.91 Å². The molecule has 0 fully saturated rings. The monoisotopic (exact) mass is 326 g/mol. The van der Waals surface area contributed by atoms with Gasteiger partial charge in [0.1, 0.15) is 5.75 Å². The van der Waals surface area contributed by atoms with Crippen LogP contribution in [0.5, 0.6) is 5.75 Å². The minimum absolute atomic E-state index is 0. The summed E-state index contributed by atoms with van der Waals surface area (Å²) in [6.07, 6.45) is -4.50. The molecule has 4 nitrogen and oxygen atoms in total. The third kappa shape index (κ3) is 6.22. The molecule has 8 heteroatoms. The third-order valence-corrected chi connectivity index (χ3v) is 2.67. The van der Waals surface area contributed by atoms with E-state index in [2.05, 4.69) is 5.32 Å². The van der Waals surface area contributed by atoms with Crippen molar-refractivity contribution in [2.45, 2.75) is 6.18 Å². The predicted molar refractivity (Wildman–Crippen MR) is 75.8 cm³/mol. The Labute approximate surface area is 127 Å². The van der Waals surface area contributed by atoms with Crippen LogP contribution in [0, 0.1) is 0 Å². The molecule has 0 radical (unpaired) electrons. The van der Waals surface area contributed by atoms with Crippen molar-refractivity contribution in [3.05, 3.63) is 29.8 Å². The van der Waals surface area contributed by atoms with Crippen molar-refractivity contribution in [3.63, 3.8) is 0 Å². The number of rotatable bonds is 6. The molecule has 1 rings (SSSR count). The minimum atomic E-state index is -4.50. The van der Waals surface area contributed by atoms with Crippen LogP contribution in [0.2, 0.25) is 0 Å². The molecule has 0 aliphatic rings. The first-order valence-corrected chi connectivity index (χ1v) is 6.04. The number of nitrogens with one attached hydrogen (secondary N) is 1. The maximum absolute atomic E-state index is 12.7. The molecule has 0 aliphatic heterocycles. The Kier molecular flexibility index (Phi) is 8.12. The largest absolute Gasteiger partial charge is 0.483 e. The van der Waals surface area contributed by atoms with E-state index < -0.39 is 18.3 Å². The first kappa shape index (κ1) is 19.5. The molecule has 0 bridgehead atoms. The number of para-hydroxylation sites is 1. The predicted octanol–water partition coefficient (Wildman–Crippen LogP) is 2.18. The van der Waals surface area contributed by atoms with Crippen LogP contribution < -0.4 is 10.1 Å². The van der Waals surface area contributed by atoms with Gasteiger partial charge in [-0.15, -0.1) is 12.4 Å². The Morgan fingerprint density at radius 3 is 2.52 bits per heavy atom. The van der Waals surface area contributed by atoms with Gasteiger partial charge in [-0.25, -0.2) is 0 Å². The number of nitrogens with zero attached hydrogens (tertiary/aromatic N) is 1. The molecule has 1 N–H and O–H groups in total. The Morgan fingerprint density at radius 2 is 1.95 bits per heavy atom. The molecule has 1 amide bonds. The highest BCUT2D eigenvalue weighted by atomic mass is 35.5. The van der Waals surface area contributed by atoms with Gasteiger partial charge in [0, 0.05) is 20.1 Å². The first-order valence-electron chi connectivity index (χ1n) is 6.04. The number of carbonyl (C=O) groups excluding carboxylic acids is 1. The molecule has 21 heavy (non-hydrogen) atoms. The summed E-state index contributed by atoms with van der Waals surface area (Å²) in [4.78, 5) is 13.1. The van der Waals surface area contributed by atoms with Gasteiger partial charge in [0.15, 0.2) is 6.61 Å². The second-order valence-corrected chi connectivity index (χ2v) is 4.20. The quantitative estimate of drug-likeness (QED) is 0.871. The maximum Gasteiger partial charge on any atom is 0.419 e. The second kappa shape index (κ2) is 8.74. The standard InChI is InChI=1S/C13H17F3N2O2.ClH/c1-17-7-8-18(2)12(19)9-20-11-6-4-3-5-10(11)13(14,15)16;/h3-6,17H,7-9H2,1-2H3;1H. The SMILES string of the molecule is CNCCN(C)C(=O)COc1ccccc1C(F)(F)F.Cl. The lowest BCUT2D eigenvalue weighted by molar-refractivity contribution is -0.140. The fraction of sp³-hybridized carbons (Fsp3) is 0.462. The Balaban J connectivity index is 0.00000400. The zero-order chi connectivity index (χ0) is 15.2. The van der Waals surface area contributed by atoms with Gasteiger partial charge >= 0.3 is 6.18 Å². The molecule has 0 spiro atoms. The van der Waals surface area contributed by atoms with Gasteiger partial charge in [-0.3, -0.25) is 4.79 Å². The number of likely N-dealkylation sites (N-methyl/N-ethyl adjacent to an activating group) is 2. The van der Waals surface area contributed by atoms with Crippen molar-refractivity contribution in [2.24, 2.45) is 0 Å². The lowest BCUT2D eigenvalue weighted by Gasteiger charge is -2.18. The Hall–Kier alpha value is -1.47. The summed E-state index contributed by atoms with van der Waals surface area (Å²) in [6.45, 7) is 0.633. The zero-order valence-electron chi connectivity index (χ0n) is 11.7. The Morgan fingerprint density at radius 1 is 1.33 bits per heavy atom. The van der Waals surface area contributed by atoms with Crippen LogP contribution in [-0.4, -0.2) is 44.6 Å². The summed E-state index contributed by atoms with van der Waals surface area (Å²) in [5.41, 5.74) is -0.884. The highest BCUT2D eigenvalue weighted by Gasteiger charge is 2.34.